The van der Waals surface area contributed by atoms with Crippen molar-refractivity contribution in [2.75, 3.05) is 0 Å². The Morgan fingerprint density at radius 2 is 1.64 bits per heavy atom. The Labute approximate surface area is 80.1 Å². The Bertz CT molecular complexity index is 378. The molecule has 0 bridgehead atoms. The second-order valence-corrected chi connectivity index (χ2v) is 2.57. The van der Waals surface area contributed by atoms with E-state index >= 15 is 0 Å². The van der Waals surface area contributed by atoms with Gasteiger partial charge < -0.3 is 10.2 Å². The average molecular weight is 192 g/mol. The van der Waals surface area contributed by atoms with Crippen molar-refractivity contribution in [3.63, 3.8) is 0 Å². The summed E-state index contributed by atoms with van der Waals surface area (Å²) in [6, 6.07) is 8.23. The van der Waals surface area contributed by atoms with Crippen LogP contribution in [0.4, 0.5) is 0 Å². The molecule has 0 aliphatic heterocycles. The summed E-state index contributed by atoms with van der Waals surface area (Å²) < 4.78 is 0. The van der Waals surface area contributed by atoms with Crippen LogP contribution in [0.3, 0.4) is 0 Å². The van der Waals surface area contributed by atoms with E-state index in [-0.39, 0.29) is 5.76 Å². The number of ketones is 1. The van der Waals surface area contributed by atoms with E-state index in [0.717, 1.165) is 0 Å². The second kappa shape index (κ2) is 4.23. The summed E-state index contributed by atoms with van der Waals surface area (Å²) in [5.41, 5.74) is 0.405. The van der Waals surface area contributed by atoms with Crippen molar-refractivity contribution in [3.05, 3.63) is 42.0 Å². The number of rotatable bonds is 3. The largest absolute Gasteiger partial charge is 0.507 e. The molecule has 0 aliphatic rings. The van der Waals surface area contributed by atoms with Crippen LogP contribution >= 0.6 is 0 Å². The van der Waals surface area contributed by atoms with Gasteiger partial charge in [-0.2, -0.15) is 0 Å². The lowest BCUT2D eigenvalue weighted by molar-refractivity contribution is -0.146. The van der Waals surface area contributed by atoms with Crippen LogP contribution in [0.1, 0.15) is 5.56 Å². The Morgan fingerprint density at radius 1 is 1.07 bits per heavy atom. The highest BCUT2D eigenvalue weighted by Crippen LogP contribution is 2.09. The molecule has 14 heavy (non-hydrogen) atoms. The fraction of sp³-hybridized carbons (Fsp3) is 0. The summed E-state index contributed by atoms with van der Waals surface area (Å²) in [4.78, 5) is 20.9. The first kappa shape index (κ1) is 9.98. The van der Waals surface area contributed by atoms with Crippen LogP contribution in [0.25, 0.3) is 5.76 Å². The number of benzene rings is 1. The zero-order valence-electron chi connectivity index (χ0n) is 7.18. The number of aliphatic hydroxyl groups is 1. The minimum Gasteiger partial charge on any atom is -0.507 e. The molecule has 0 radical (unpaired) electrons. The van der Waals surface area contributed by atoms with E-state index in [1.54, 1.807) is 30.3 Å². The smallest absolute Gasteiger partial charge is 0.376 e. The summed E-state index contributed by atoms with van der Waals surface area (Å²) in [5.74, 6) is -3.09. The van der Waals surface area contributed by atoms with Crippen molar-refractivity contribution in [2.45, 2.75) is 0 Å². The predicted molar refractivity (Wildman–Crippen MR) is 49.7 cm³/mol. The van der Waals surface area contributed by atoms with Crippen molar-refractivity contribution < 1.29 is 19.8 Å². The molecule has 4 nitrogen and oxygen atoms in total. The summed E-state index contributed by atoms with van der Waals surface area (Å²) in [6.07, 6.45) is 0.678. The van der Waals surface area contributed by atoms with Crippen molar-refractivity contribution in [1.29, 1.82) is 0 Å². The van der Waals surface area contributed by atoms with Crippen LogP contribution in [-0.4, -0.2) is 22.0 Å². The van der Waals surface area contributed by atoms with Gasteiger partial charge in [-0.25, -0.2) is 4.79 Å². The van der Waals surface area contributed by atoms with Gasteiger partial charge in [-0.05, 0) is 0 Å². The van der Waals surface area contributed by atoms with Gasteiger partial charge in [0.25, 0.3) is 5.78 Å². The normalized spacial score (nSPS) is 11.0. The quantitative estimate of drug-likeness (QED) is 0.429. The Balaban J connectivity index is 2.91. The first-order chi connectivity index (χ1) is 6.61. The average Bonchev–Trinajstić information content (AvgIpc) is 2.19. The van der Waals surface area contributed by atoms with E-state index in [1.807, 2.05) is 0 Å². The van der Waals surface area contributed by atoms with Gasteiger partial charge in [-0.1, -0.05) is 30.3 Å². The minimum absolute atomic E-state index is 0.349. The van der Waals surface area contributed by atoms with Gasteiger partial charge >= 0.3 is 5.97 Å². The highest BCUT2D eigenvalue weighted by Gasteiger charge is 2.09. The second-order valence-electron chi connectivity index (χ2n) is 2.57. The molecule has 1 aromatic carbocycles. The van der Waals surface area contributed by atoms with E-state index in [1.165, 1.54) is 0 Å². The molecule has 0 amide bonds. The maximum Gasteiger partial charge on any atom is 0.376 e. The standard InChI is InChI=1S/C10H8O4/c11-8(6-9(12)10(13)14)7-4-2-1-3-5-7/h1-6,11H,(H,13,14)/b8-6+. The number of carboxylic acid groups (broad SMARTS) is 1. The van der Waals surface area contributed by atoms with Crippen LogP contribution in [0.5, 0.6) is 0 Å². The van der Waals surface area contributed by atoms with Gasteiger partial charge in [-0.3, -0.25) is 4.79 Å². The van der Waals surface area contributed by atoms with Crippen molar-refractivity contribution in [3.8, 4) is 0 Å². The first-order valence-electron chi connectivity index (χ1n) is 3.84. The highest BCUT2D eigenvalue weighted by molar-refractivity contribution is 6.38. The van der Waals surface area contributed by atoms with Crippen molar-refractivity contribution in [1.82, 2.24) is 0 Å². The maximum atomic E-state index is 10.7. The number of hydrogen-bond donors (Lipinski definition) is 2. The number of aliphatic carboxylic acids is 1. The molecule has 0 unspecified atom stereocenters. The van der Waals surface area contributed by atoms with Gasteiger partial charge in [-0.15, -0.1) is 0 Å². The zero-order chi connectivity index (χ0) is 10.6. The van der Waals surface area contributed by atoms with Gasteiger partial charge in [0.1, 0.15) is 5.76 Å². The monoisotopic (exact) mass is 192 g/mol. The molecule has 72 valence electrons. The van der Waals surface area contributed by atoms with Gasteiger partial charge in [0, 0.05) is 11.6 Å². The van der Waals surface area contributed by atoms with Crippen LogP contribution in [0.15, 0.2) is 36.4 Å². The van der Waals surface area contributed by atoms with Gasteiger partial charge in [0.2, 0.25) is 0 Å². The predicted octanol–water partition coefficient (Wildman–Crippen LogP) is 1.24. The molecule has 1 rings (SSSR count). The molecule has 0 saturated heterocycles. The zero-order valence-corrected chi connectivity index (χ0v) is 7.18. The van der Waals surface area contributed by atoms with Crippen molar-refractivity contribution >= 4 is 17.5 Å². The molecular formula is C10H8O4. The lowest BCUT2D eigenvalue weighted by atomic mass is 10.1. The Hall–Kier alpha value is -2.10. The number of carbonyl (C=O) groups is 2. The van der Waals surface area contributed by atoms with Crippen LogP contribution < -0.4 is 0 Å². The summed E-state index contributed by atoms with van der Waals surface area (Å²) in [5, 5.41) is 17.6. The molecule has 4 heteroatoms. The van der Waals surface area contributed by atoms with E-state index in [9.17, 15) is 14.7 Å². The van der Waals surface area contributed by atoms with Gasteiger partial charge in [0.15, 0.2) is 0 Å². The number of carbonyl (C=O) groups excluding carboxylic acids is 1. The summed E-state index contributed by atoms with van der Waals surface area (Å²) in [7, 11) is 0. The molecule has 0 heterocycles. The molecule has 0 aromatic heterocycles. The third-order valence-corrected chi connectivity index (χ3v) is 1.55. The molecular weight excluding hydrogens is 184 g/mol. The van der Waals surface area contributed by atoms with E-state index in [2.05, 4.69) is 0 Å². The molecule has 0 fully saturated rings. The SMILES string of the molecule is O=C(O)C(=O)/C=C(/O)c1ccccc1. The lowest BCUT2D eigenvalue weighted by Crippen LogP contribution is -2.09. The van der Waals surface area contributed by atoms with E-state index in [4.69, 9.17) is 5.11 Å². The lowest BCUT2D eigenvalue weighted by Gasteiger charge is -1.97. The number of hydrogen-bond acceptors (Lipinski definition) is 3. The van der Waals surface area contributed by atoms with Crippen molar-refractivity contribution in [2.24, 2.45) is 0 Å². The maximum absolute atomic E-state index is 10.7. The third kappa shape index (κ3) is 2.45. The Kier molecular flexibility index (Phi) is 3.01. The van der Waals surface area contributed by atoms with Crippen LogP contribution in [0.2, 0.25) is 0 Å². The molecule has 0 spiro atoms. The van der Waals surface area contributed by atoms with Crippen LogP contribution in [0, 0.1) is 0 Å². The first-order valence-corrected chi connectivity index (χ1v) is 3.84. The van der Waals surface area contributed by atoms with E-state index in [0.29, 0.717) is 11.6 Å². The molecule has 2 N–H and O–H groups in total. The topological polar surface area (TPSA) is 74.6 Å². The van der Waals surface area contributed by atoms with Gasteiger partial charge in [0.05, 0.1) is 0 Å². The summed E-state index contributed by atoms with van der Waals surface area (Å²) in [6.45, 7) is 0. The molecule has 1 aromatic rings. The fourth-order valence-corrected chi connectivity index (χ4v) is 0.878. The molecule has 0 aliphatic carbocycles. The number of carboxylic acids is 1. The Morgan fingerprint density at radius 3 is 2.14 bits per heavy atom. The third-order valence-electron chi connectivity index (χ3n) is 1.55. The molecule has 0 saturated carbocycles. The fourth-order valence-electron chi connectivity index (χ4n) is 0.878. The van der Waals surface area contributed by atoms with Crippen LogP contribution in [-0.2, 0) is 9.59 Å². The highest BCUT2D eigenvalue weighted by atomic mass is 16.4. The summed E-state index contributed by atoms with van der Waals surface area (Å²) >= 11 is 0. The molecule has 0 atom stereocenters. The number of aliphatic hydroxyl groups excluding tert-OH is 1. The minimum atomic E-state index is -1.59. The van der Waals surface area contributed by atoms with E-state index < -0.39 is 11.8 Å².